The number of para-hydroxylation sites is 1. The number of rotatable bonds is 4. The maximum absolute atomic E-state index is 13.5. The zero-order valence-electron chi connectivity index (χ0n) is 17.5. The standard InChI is InChI=1S/C25H25N3O3/c1-16-9-7-8-14-25(16)23(30)28(24(31)27-25)15-20(29)21-18-12-5-6-13-19(18)26-22(21)17-10-3-2-4-11-17/h2-6,10-13,16,26H,7-9,14-15H2,1H3,(H,27,31)/t16-,25+/m1/s1. The fraction of sp³-hybridized carbons (Fsp3) is 0.320. The van der Waals surface area contributed by atoms with E-state index in [0.717, 1.165) is 40.6 Å². The minimum absolute atomic E-state index is 0.0609. The van der Waals surface area contributed by atoms with E-state index in [4.69, 9.17) is 0 Å². The van der Waals surface area contributed by atoms with E-state index in [1.54, 1.807) is 0 Å². The summed E-state index contributed by atoms with van der Waals surface area (Å²) in [6.07, 6.45) is 3.49. The molecule has 1 saturated carbocycles. The second kappa shape index (κ2) is 7.38. The molecule has 2 N–H and O–H groups in total. The molecule has 0 unspecified atom stereocenters. The summed E-state index contributed by atoms with van der Waals surface area (Å²) < 4.78 is 0. The van der Waals surface area contributed by atoms with Crippen LogP contribution in [0.3, 0.4) is 0 Å². The van der Waals surface area contributed by atoms with E-state index in [9.17, 15) is 14.4 Å². The lowest BCUT2D eigenvalue weighted by molar-refractivity contribution is -0.133. The molecule has 5 rings (SSSR count). The average molecular weight is 415 g/mol. The number of carbonyl (C=O) groups is 3. The first-order valence-corrected chi connectivity index (χ1v) is 10.8. The van der Waals surface area contributed by atoms with Gasteiger partial charge >= 0.3 is 6.03 Å². The molecule has 6 heteroatoms. The van der Waals surface area contributed by atoms with Crippen LogP contribution in [0.2, 0.25) is 0 Å². The van der Waals surface area contributed by atoms with Crippen molar-refractivity contribution >= 4 is 28.6 Å². The molecule has 2 atom stereocenters. The number of aromatic amines is 1. The predicted molar refractivity (Wildman–Crippen MR) is 119 cm³/mol. The highest BCUT2D eigenvalue weighted by atomic mass is 16.2. The molecule has 3 aromatic rings. The number of amides is 3. The lowest BCUT2D eigenvalue weighted by Crippen LogP contribution is -2.54. The molecule has 31 heavy (non-hydrogen) atoms. The van der Waals surface area contributed by atoms with E-state index in [1.807, 2.05) is 61.5 Å². The summed E-state index contributed by atoms with van der Waals surface area (Å²) in [6, 6.07) is 16.8. The summed E-state index contributed by atoms with van der Waals surface area (Å²) in [5.41, 5.74) is 2.09. The summed E-state index contributed by atoms with van der Waals surface area (Å²) in [4.78, 5) is 44.0. The molecule has 2 aromatic carbocycles. The molecule has 0 radical (unpaired) electrons. The monoisotopic (exact) mass is 415 g/mol. The molecule has 2 aliphatic rings. The van der Waals surface area contributed by atoms with Gasteiger partial charge in [0, 0.05) is 10.9 Å². The molecule has 1 aliphatic heterocycles. The number of nitrogens with zero attached hydrogens (tertiary/aromatic N) is 1. The molecule has 1 spiro atoms. The third-order valence-corrected chi connectivity index (χ3v) is 6.85. The second-order valence-electron chi connectivity index (χ2n) is 8.65. The molecule has 1 saturated heterocycles. The van der Waals surface area contributed by atoms with Crippen LogP contribution >= 0.6 is 0 Å². The van der Waals surface area contributed by atoms with E-state index in [1.165, 1.54) is 0 Å². The molecule has 158 valence electrons. The Hall–Kier alpha value is -3.41. The highest BCUT2D eigenvalue weighted by molar-refractivity contribution is 6.17. The zero-order valence-corrected chi connectivity index (χ0v) is 17.5. The summed E-state index contributed by atoms with van der Waals surface area (Å²) in [7, 11) is 0. The minimum atomic E-state index is -0.863. The van der Waals surface area contributed by atoms with Gasteiger partial charge < -0.3 is 10.3 Å². The lowest BCUT2D eigenvalue weighted by atomic mass is 9.73. The fourth-order valence-electron chi connectivity index (χ4n) is 5.11. The van der Waals surface area contributed by atoms with Gasteiger partial charge in [0.15, 0.2) is 5.78 Å². The van der Waals surface area contributed by atoms with Crippen molar-refractivity contribution in [1.29, 1.82) is 0 Å². The van der Waals surface area contributed by atoms with E-state index in [2.05, 4.69) is 10.3 Å². The Balaban J connectivity index is 1.51. The summed E-state index contributed by atoms with van der Waals surface area (Å²) in [6.45, 7) is 1.75. The number of imide groups is 1. The van der Waals surface area contributed by atoms with Crippen molar-refractivity contribution in [3.05, 3.63) is 60.2 Å². The second-order valence-corrected chi connectivity index (χ2v) is 8.65. The van der Waals surface area contributed by atoms with Crippen LogP contribution < -0.4 is 5.32 Å². The molecule has 6 nitrogen and oxygen atoms in total. The highest BCUT2D eigenvalue weighted by Gasteiger charge is 2.55. The van der Waals surface area contributed by atoms with Crippen molar-refractivity contribution in [2.45, 2.75) is 38.1 Å². The van der Waals surface area contributed by atoms with E-state index < -0.39 is 11.6 Å². The van der Waals surface area contributed by atoms with E-state index >= 15 is 0 Å². The number of benzene rings is 2. The molecule has 2 heterocycles. The predicted octanol–water partition coefficient (Wildman–Crippen LogP) is 4.52. The average Bonchev–Trinajstić information content (AvgIpc) is 3.28. The van der Waals surface area contributed by atoms with Gasteiger partial charge in [-0.15, -0.1) is 0 Å². The molecule has 3 amide bonds. The SMILES string of the molecule is C[C@@H]1CCCC[C@]12NC(=O)N(CC(=O)c1c(-c3ccccc3)[nH]c3ccccc13)C2=O. The van der Waals surface area contributed by atoms with Crippen molar-refractivity contribution in [2.24, 2.45) is 5.92 Å². The number of H-pyrrole nitrogens is 1. The molecule has 0 bridgehead atoms. The summed E-state index contributed by atoms with van der Waals surface area (Å²) in [5.74, 6) is -0.453. The van der Waals surface area contributed by atoms with Crippen LogP contribution in [0.15, 0.2) is 54.6 Å². The third kappa shape index (κ3) is 3.05. The first-order valence-electron chi connectivity index (χ1n) is 10.8. The van der Waals surface area contributed by atoms with Gasteiger partial charge in [-0.05, 0) is 30.4 Å². The molecular weight excluding hydrogens is 390 g/mol. The van der Waals surface area contributed by atoms with Gasteiger partial charge in [0.1, 0.15) is 5.54 Å². The maximum Gasteiger partial charge on any atom is 0.325 e. The maximum atomic E-state index is 13.5. The Morgan fingerprint density at radius 2 is 1.81 bits per heavy atom. The molecule has 2 fully saturated rings. The normalized spacial score (nSPS) is 23.5. The number of aromatic nitrogens is 1. The van der Waals surface area contributed by atoms with E-state index in [-0.39, 0.29) is 24.2 Å². The van der Waals surface area contributed by atoms with Crippen molar-refractivity contribution in [2.75, 3.05) is 6.54 Å². The van der Waals surface area contributed by atoms with Crippen LogP contribution in [0.5, 0.6) is 0 Å². The zero-order chi connectivity index (χ0) is 21.6. The smallest absolute Gasteiger partial charge is 0.325 e. The fourth-order valence-corrected chi connectivity index (χ4v) is 5.11. The van der Waals surface area contributed by atoms with Crippen molar-refractivity contribution in [1.82, 2.24) is 15.2 Å². The Morgan fingerprint density at radius 3 is 2.58 bits per heavy atom. The lowest BCUT2D eigenvalue weighted by Gasteiger charge is -2.36. The number of carbonyl (C=O) groups excluding carboxylic acids is 3. The van der Waals surface area contributed by atoms with Crippen LogP contribution in [0.1, 0.15) is 43.0 Å². The van der Waals surface area contributed by atoms with Gasteiger partial charge in [-0.25, -0.2) is 4.79 Å². The third-order valence-electron chi connectivity index (χ3n) is 6.85. The van der Waals surface area contributed by atoms with Gasteiger partial charge in [-0.2, -0.15) is 0 Å². The number of ketones is 1. The van der Waals surface area contributed by atoms with Crippen molar-refractivity contribution in [3.63, 3.8) is 0 Å². The van der Waals surface area contributed by atoms with Crippen LogP contribution in [-0.2, 0) is 4.79 Å². The number of fused-ring (bicyclic) bond motifs is 1. The topological polar surface area (TPSA) is 82.3 Å². The number of hydrogen-bond acceptors (Lipinski definition) is 3. The largest absolute Gasteiger partial charge is 0.354 e. The van der Waals surface area contributed by atoms with Crippen LogP contribution in [0.4, 0.5) is 4.79 Å². The van der Waals surface area contributed by atoms with Gasteiger partial charge in [-0.1, -0.05) is 68.3 Å². The van der Waals surface area contributed by atoms with Gasteiger partial charge in [0.25, 0.3) is 5.91 Å². The Kier molecular flexibility index (Phi) is 4.65. The van der Waals surface area contributed by atoms with Crippen LogP contribution in [0, 0.1) is 5.92 Å². The van der Waals surface area contributed by atoms with Gasteiger partial charge in [-0.3, -0.25) is 14.5 Å². The Labute approximate surface area is 180 Å². The summed E-state index contributed by atoms with van der Waals surface area (Å²) >= 11 is 0. The molecular formula is C25H25N3O3. The van der Waals surface area contributed by atoms with Crippen LogP contribution in [-0.4, -0.2) is 39.7 Å². The number of nitrogens with one attached hydrogen (secondary N) is 2. The number of hydrogen-bond donors (Lipinski definition) is 2. The minimum Gasteiger partial charge on any atom is -0.354 e. The summed E-state index contributed by atoms with van der Waals surface area (Å²) in [5, 5.41) is 3.72. The molecule has 1 aromatic heterocycles. The van der Waals surface area contributed by atoms with Gasteiger partial charge in [0.05, 0.1) is 17.8 Å². The quantitative estimate of drug-likeness (QED) is 0.486. The Bertz CT molecular complexity index is 1180. The first-order chi connectivity index (χ1) is 15.0. The van der Waals surface area contributed by atoms with Gasteiger partial charge in [0.2, 0.25) is 0 Å². The highest BCUT2D eigenvalue weighted by Crippen LogP contribution is 2.38. The number of Topliss-reactive ketones (excluding diaryl/α,β-unsaturated/α-hetero) is 1. The van der Waals surface area contributed by atoms with Crippen molar-refractivity contribution < 1.29 is 14.4 Å². The first kappa shape index (κ1) is 19.5. The Morgan fingerprint density at radius 1 is 1.06 bits per heavy atom. The van der Waals surface area contributed by atoms with E-state index in [0.29, 0.717) is 17.7 Å². The van der Waals surface area contributed by atoms with Crippen molar-refractivity contribution in [3.8, 4) is 11.3 Å². The molecule has 1 aliphatic carbocycles. The van der Waals surface area contributed by atoms with Crippen LogP contribution in [0.25, 0.3) is 22.2 Å². The number of urea groups is 1.